The van der Waals surface area contributed by atoms with E-state index >= 15 is 0 Å². The van der Waals surface area contributed by atoms with E-state index in [0.717, 1.165) is 32.1 Å². The number of carbonyl (C=O) groups excluding carboxylic acids is 1. The van der Waals surface area contributed by atoms with Gasteiger partial charge < -0.3 is 9.84 Å². The van der Waals surface area contributed by atoms with E-state index in [4.69, 9.17) is 4.74 Å². The lowest BCUT2D eigenvalue weighted by Crippen LogP contribution is -2.57. The molecule has 0 radical (unpaired) electrons. The van der Waals surface area contributed by atoms with Crippen molar-refractivity contribution in [3.8, 4) is 0 Å². The summed E-state index contributed by atoms with van der Waals surface area (Å²) in [6, 6.07) is 0. The zero-order valence-corrected chi connectivity index (χ0v) is 10.1. The molecule has 0 aliphatic heterocycles. The monoisotopic (exact) mass is 238 g/mol. The first-order valence-corrected chi connectivity index (χ1v) is 6.32. The molecule has 0 aromatic carbocycles. The van der Waals surface area contributed by atoms with Gasteiger partial charge >= 0.3 is 11.9 Å². The molecular weight excluding hydrogens is 220 g/mol. The molecule has 0 aromatic rings. The maximum Gasteiger partial charge on any atom is 0.311 e. The van der Waals surface area contributed by atoms with Gasteiger partial charge in [-0.05, 0) is 50.4 Å². The maximum atomic E-state index is 12.0. The molecule has 17 heavy (non-hydrogen) atoms. The van der Waals surface area contributed by atoms with Crippen LogP contribution in [0.1, 0.15) is 38.5 Å². The molecule has 0 saturated heterocycles. The summed E-state index contributed by atoms with van der Waals surface area (Å²) in [5.41, 5.74) is -1.13. The highest BCUT2D eigenvalue weighted by Gasteiger charge is 2.63. The number of aliphatic carboxylic acids is 1. The van der Waals surface area contributed by atoms with Crippen molar-refractivity contribution in [3.63, 3.8) is 0 Å². The van der Waals surface area contributed by atoms with Crippen LogP contribution in [0.3, 0.4) is 0 Å². The largest absolute Gasteiger partial charge is 0.481 e. The number of ether oxygens (including phenoxy) is 1. The molecule has 4 saturated carbocycles. The van der Waals surface area contributed by atoms with Crippen LogP contribution in [0.5, 0.6) is 0 Å². The number of carboxylic acid groups (broad SMARTS) is 1. The van der Waals surface area contributed by atoms with Gasteiger partial charge in [0.2, 0.25) is 0 Å². The summed E-state index contributed by atoms with van der Waals surface area (Å²) in [5, 5.41) is 9.50. The molecule has 0 unspecified atom stereocenters. The van der Waals surface area contributed by atoms with Gasteiger partial charge in [0.15, 0.2) is 0 Å². The van der Waals surface area contributed by atoms with E-state index in [0.29, 0.717) is 18.3 Å². The van der Waals surface area contributed by atoms with Crippen molar-refractivity contribution in [2.24, 2.45) is 22.7 Å². The molecule has 2 atom stereocenters. The Bertz CT molecular complexity index is 373. The summed E-state index contributed by atoms with van der Waals surface area (Å²) in [7, 11) is 1.41. The molecule has 4 nitrogen and oxygen atoms in total. The number of hydrogen-bond donors (Lipinski definition) is 1. The number of carboxylic acids is 1. The molecule has 1 N–H and O–H groups in total. The van der Waals surface area contributed by atoms with Crippen LogP contribution < -0.4 is 0 Å². The lowest BCUT2D eigenvalue weighted by Gasteiger charge is -2.58. The summed E-state index contributed by atoms with van der Waals surface area (Å²) in [4.78, 5) is 23.6. The van der Waals surface area contributed by atoms with Crippen molar-refractivity contribution < 1.29 is 19.4 Å². The molecule has 94 valence electrons. The zero-order valence-electron chi connectivity index (χ0n) is 10.1. The highest BCUT2D eigenvalue weighted by molar-refractivity contribution is 5.82. The van der Waals surface area contributed by atoms with Crippen LogP contribution >= 0.6 is 0 Å². The minimum Gasteiger partial charge on any atom is -0.481 e. The SMILES string of the molecule is COC(=O)C12C[C@H]3C[C@@H](CC(C(=O)O)(C3)C1)C2. The second-order valence-corrected chi connectivity index (χ2v) is 6.32. The number of esters is 1. The van der Waals surface area contributed by atoms with Gasteiger partial charge in [0.1, 0.15) is 0 Å². The van der Waals surface area contributed by atoms with Gasteiger partial charge in [-0.2, -0.15) is 0 Å². The molecule has 4 bridgehead atoms. The van der Waals surface area contributed by atoms with Crippen molar-refractivity contribution >= 4 is 11.9 Å². The van der Waals surface area contributed by atoms with Crippen molar-refractivity contribution in [2.45, 2.75) is 38.5 Å². The highest BCUT2D eigenvalue weighted by atomic mass is 16.5. The molecule has 0 amide bonds. The van der Waals surface area contributed by atoms with Crippen LogP contribution in [0.25, 0.3) is 0 Å². The van der Waals surface area contributed by atoms with Crippen molar-refractivity contribution in [1.29, 1.82) is 0 Å². The van der Waals surface area contributed by atoms with Gasteiger partial charge in [-0.3, -0.25) is 9.59 Å². The third-order valence-electron chi connectivity index (χ3n) is 5.13. The fraction of sp³-hybridized carbons (Fsp3) is 0.846. The summed E-state index contributed by atoms with van der Waals surface area (Å²) in [6.45, 7) is 0. The Hall–Kier alpha value is -1.06. The predicted molar refractivity (Wildman–Crippen MR) is 59.2 cm³/mol. The summed E-state index contributed by atoms with van der Waals surface area (Å²) in [5.74, 6) is -0.0741. The normalized spacial score (nSPS) is 46.9. The van der Waals surface area contributed by atoms with Gasteiger partial charge in [0, 0.05) is 0 Å². The first-order valence-electron chi connectivity index (χ1n) is 6.32. The fourth-order valence-corrected chi connectivity index (χ4v) is 4.97. The molecule has 4 aliphatic rings. The molecule has 0 heterocycles. The van der Waals surface area contributed by atoms with E-state index in [-0.39, 0.29) is 5.97 Å². The number of carbonyl (C=O) groups is 2. The van der Waals surface area contributed by atoms with E-state index in [2.05, 4.69) is 0 Å². The van der Waals surface area contributed by atoms with Gasteiger partial charge in [-0.25, -0.2) is 0 Å². The van der Waals surface area contributed by atoms with Crippen molar-refractivity contribution in [2.75, 3.05) is 7.11 Å². The first kappa shape index (κ1) is 11.1. The van der Waals surface area contributed by atoms with E-state index < -0.39 is 16.8 Å². The molecule has 4 fully saturated rings. The average Bonchev–Trinajstić information content (AvgIpc) is 2.26. The summed E-state index contributed by atoms with van der Waals surface area (Å²) >= 11 is 0. The Morgan fingerprint density at radius 3 is 2.12 bits per heavy atom. The van der Waals surface area contributed by atoms with Crippen LogP contribution in [-0.4, -0.2) is 24.2 Å². The number of hydrogen-bond acceptors (Lipinski definition) is 3. The van der Waals surface area contributed by atoms with Crippen molar-refractivity contribution in [3.05, 3.63) is 0 Å². The second-order valence-electron chi connectivity index (χ2n) is 6.32. The minimum atomic E-state index is -0.708. The lowest BCUT2D eigenvalue weighted by molar-refractivity contribution is -0.189. The zero-order chi connectivity index (χ0) is 12.3. The number of methoxy groups -OCH3 is 1. The van der Waals surface area contributed by atoms with Crippen LogP contribution in [0.2, 0.25) is 0 Å². The van der Waals surface area contributed by atoms with Gasteiger partial charge in [-0.15, -0.1) is 0 Å². The van der Waals surface area contributed by atoms with E-state index in [1.165, 1.54) is 7.11 Å². The standard InChI is InChI=1S/C13H18O4/c1-17-11(16)13-5-8-2-9(6-13)4-12(3-8,7-13)10(14)15/h8-9H,2-7H2,1H3,(H,14,15)/t8-,9-,12?,13?/m0/s1. The predicted octanol–water partition coefficient (Wildman–Crippen LogP) is 1.83. The Labute approximate surface area is 100 Å². The van der Waals surface area contributed by atoms with E-state index in [1.807, 2.05) is 0 Å². The fourth-order valence-electron chi connectivity index (χ4n) is 4.97. The molecular formula is C13H18O4. The molecule has 4 aliphatic carbocycles. The molecule has 0 aromatic heterocycles. The Kier molecular flexibility index (Phi) is 2.11. The number of rotatable bonds is 2. The van der Waals surface area contributed by atoms with Crippen LogP contribution in [0.4, 0.5) is 0 Å². The van der Waals surface area contributed by atoms with Gasteiger partial charge in [0.05, 0.1) is 17.9 Å². The maximum absolute atomic E-state index is 12.0. The van der Waals surface area contributed by atoms with Crippen molar-refractivity contribution in [1.82, 2.24) is 0 Å². The quantitative estimate of drug-likeness (QED) is 0.745. The Balaban J connectivity index is 2.00. The van der Waals surface area contributed by atoms with Crippen LogP contribution in [-0.2, 0) is 14.3 Å². The van der Waals surface area contributed by atoms with Crippen LogP contribution in [0.15, 0.2) is 0 Å². The molecule has 4 rings (SSSR count). The Morgan fingerprint density at radius 1 is 1.12 bits per heavy atom. The smallest absolute Gasteiger partial charge is 0.311 e. The minimum absolute atomic E-state index is 0.183. The molecule has 4 heteroatoms. The van der Waals surface area contributed by atoms with Gasteiger partial charge in [-0.1, -0.05) is 0 Å². The lowest BCUT2D eigenvalue weighted by atomic mass is 9.44. The summed E-state index contributed by atoms with van der Waals surface area (Å²) < 4.78 is 4.93. The first-order chi connectivity index (χ1) is 8.00. The third kappa shape index (κ3) is 1.36. The van der Waals surface area contributed by atoms with E-state index in [1.54, 1.807) is 0 Å². The topological polar surface area (TPSA) is 63.6 Å². The molecule has 0 spiro atoms. The average molecular weight is 238 g/mol. The summed E-state index contributed by atoms with van der Waals surface area (Å²) in [6.07, 6.45) is 4.80. The van der Waals surface area contributed by atoms with Gasteiger partial charge in [0.25, 0.3) is 0 Å². The third-order valence-corrected chi connectivity index (χ3v) is 5.13. The highest BCUT2D eigenvalue weighted by Crippen LogP contribution is 2.65. The van der Waals surface area contributed by atoms with E-state index in [9.17, 15) is 14.7 Å². The van der Waals surface area contributed by atoms with Crippen LogP contribution in [0, 0.1) is 22.7 Å². The Morgan fingerprint density at radius 2 is 1.65 bits per heavy atom. The second kappa shape index (κ2) is 3.24.